The zero-order valence-electron chi connectivity index (χ0n) is 17.7. The molecule has 0 aliphatic heterocycles. The van der Waals surface area contributed by atoms with E-state index in [1.165, 1.54) is 36.7 Å². The normalized spacial score (nSPS) is 12.8. The minimum atomic E-state index is -4.54. The predicted octanol–water partition coefficient (Wildman–Crippen LogP) is 9.00. The van der Waals surface area contributed by atoms with Crippen LogP contribution in [-0.4, -0.2) is 12.4 Å². The standard InChI is InChI=1S/C24H12Cl2F6N2O2/c25-19-5-1-13(23(27,28)29)9-17(19)21-7-3-15(35-21)11-33-34-12-16-4-8-22(36-16)18-10-14(24(30,31)32)2-6-20(18)26/h1-12H/b33-11-,34-12-. The zero-order valence-corrected chi connectivity index (χ0v) is 19.2. The Morgan fingerprint density at radius 2 is 0.972 bits per heavy atom. The molecular weight excluding hydrogens is 533 g/mol. The van der Waals surface area contributed by atoms with Crippen molar-refractivity contribution >= 4 is 35.6 Å². The third kappa shape index (κ3) is 5.83. The van der Waals surface area contributed by atoms with Crippen LogP contribution in [-0.2, 0) is 12.4 Å². The maximum atomic E-state index is 13.0. The van der Waals surface area contributed by atoms with E-state index in [0.29, 0.717) is 0 Å². The monoisotopic (exact) mass is 544 g/mol. The topological polar surface area (TPSA) is 51.0 Å². The number of halogens is 8. The molecular formula is C24H12Cl2F6N2O2. The lowest BCUT2D eigenvalue weighted by molar-refractivity contribution is -0.138. The molecule has 0 spiro atoms. The van der Waals surface area contributed by atoms with Gasteiger partial charge in [-0.3, -0.25) is 0 Å². The van der Waals surface area contributed by atoms with Crippen LogP contribution in [0.4, 0.5) is 26.3 Å². The largest absolute Gasteiger partial charge is 0.455 e. The first-order valence-electron chi connectivity index (χ1n) is 9.92. The van der Waals surface area contributed by atoms with Crippen LogP contribution < -0.4 is 0 Å². The Morgan fingerprint density at radius 3 is 1.33 bits per heavy atom. The van der Waals surface area contributed by atoms with E-state index in [1.54, 1.807) is 0 Å². The van der Waals surface area contributed by atoms with Gasteiger partial charge in [0.25, 0.3) is 0 Å². The Labute approximate surface area is 209 Å². The van der Waals surface area contributed by atoms with Crippen molar-refractivity contribution in [3.05, 3.63) is 93.4 Å². The summed E-state index contributed by atoms with van der Waals surface area (Å²) >= 11 is 12.0. The summed E-state index contributed by atoms with van der Waals surface area (Å²) in [6, 6.07) is 11.6. The summed E-state index contributed by atoms with van der Waals surface area (Å²) in [6.45, 7) is 0. The molecule has 0 N–H and O–H groups in total. The number of nitrogens with zero attached hydrogens (tertiary/aromatic N) is 2. The van der Waals surface area contributed by atoms with Crippen LogP contribution >= 0.6 is 23.2 Å². The molecule has 0 bridgehead atoms. The lowest BCUT2D eigenvalue weighted by Crippen LogP contribution is -2.04. The molecule has 0 saturated carbocycles. The van der Waals surface area contributed by atoms with E-state index < -0.39 is 23.5 Å². The molecule has 0 saturated heterocycles. The fourth-order valence-corrected chi connectivity index (χ4v) is 3.52. The fraction of sp³-hybridized carbons (Fsp3) is 0.0833. The third-order valence-electron chi connectivity index (χ3n) is 4.81. The first kappa shape index (κ1) is 25.6. The Kier molecular flexibility index (Phi) is 7.01. The summed E-state index contributed by atoms with van der Waals surface area (Å²) in [4.78, 5) is 0. The molecule has 2 aromatic heterocycles. The van der Waals surface area contributed by atoms with Crippen molar-refractivity contribution in [1.82, 2.24) is 0 Å². The quantitative estimate of drug-likeness (QED) is 0.143. The number of benzene rings is 2. The maximum absolute atomic E-state index is 13.0. The third-order valence-corrected chi connectivity index (χ3v) is 5.47. The molecule has 12 heteroatoms. The summed E-state index contributed by atoms with van der Waals surface area (Å²) in [5, 5.41) is 7.70. The molecule has 36 heavy (non-hydrogen) atoms. The highest BCUT2D eigenvalue weighted by Gasteiger charge is 2.32. The van der Waals surface area contributed by atoms with Gasteiger partial charge in [-0.15, -0.1) is 0 Å². The van der Waals surface area contributed by atoms with E-state index in [0.717, 1.165) is 36.4 Å². The van der Waals surface area contributed by atoms with Crippen molar-refractivity contribution in [3.63, 3.8) is 0 Å². The molecule has 4 nitrogen and oxygen atoms in total. The molecule has 0 aliphatic carbocycles. The molecule has 0 fully saturated rings. The Morgan fingerprint density at radius 1 is 0.583 bits per heavy atom. The van der Waals surface area contributed by atoms with Gasteiger partial charge in [-0.25, -0.2) is 0 Å². The number of alkyl halides is 6. The van der Waals surface area contributed by atoms with Crippen LogP contribution in [0.15, 0.2) is 79.7 Å². The first-order chi connectivity index (χ1) is 16.9. The minimum Gasteiger partial charge on any atom is -0.455 e. The minimum absolute atomic E-state index is 0.0611. The SMILES string of the molecule is FC(F)(F)c1ccc(Cl)c(-c2ccc(/C=N\N=C/c3ccc(-c4cc(C(F)(F)F)ccc4Cl)o3)o2)c1. The van der Waals surface area contributed by atoms with Crippen LogP contribution in [0.3, 0.4) is 0 Å². The molecule has 2 aromatic carbocycles. The summed E-state index contributed by atoms with van der Waals surface area (Å²) < 4.78 is 88.8. The molecule has 0 unspecified atom stereocenters. The van der Waals surface area contributed by atoms with Crippen LogP contribution in [0.1, 0.15) is 22.6 Å². The summed E-state index contributed by atoms with van der Waals surface area (Å²) in [5.41, 5.74) is -1.62. The molecule has 4 aromatic rings. The van der Waals surface area contributed by atoms with E-state index in [-0.39, 0.29) is 44.2 Å². The van der Waals surface area contributed by atoms with Crippen molar-refractivity contribution in [3.8, 4) is 22.6 Å². The Hall–Kier alpha value is -3.50. The van der Waals surface area contributed by atoms with Crippen molar-refractivity contribution in [2.45, 2.75) is 12.4 Å². The van der Waals surface area contributed by atoms with Gasteiger partial charge < -0.3 is 8.83 Å². The molecule has 186 valence electrons. The second-order valence-corrected chi connectivity index (χ2v) is 8.09. The van der Waals surface area contributed by atoms with E-state index in [4.69, 9.17) is 32.0 Å². The van der Waals surface area contributed by atoms with Gasteiger partial charge in [0.2, 0.25) is 0 Å². The fourth-order valence-electron chi connectivity index (χ4n) is 3.10. The molecule has 2 heterocycles. The summed E-state index contributed by atoms with van der Waals surface area (Å²) in [6.07, 6.45) is -6.67. The number of hydrogen-bond donors (Lipinski definition) is 0. The zero-order chi connectivity index (χ0) is 26.1. The second kappa shape index (κ2) is 9.87. The van der Waals surface area contributed by atoms with Crippen LogP contribution in [0.2, 0.25) is 10.0 Å². The Bertz CT molecular complexity index is 1340. The Balaban J connectivity index is 1.47. The number of furan rings is 2. The van der Waals surface area contributed by atoms with Gasteiger partial charge in [-0.05, 0) is 60.7 Å². The maximum Gasteiger partial charge on any atom is 0.416 e. The molecule has 0 aliphatic rings. The summed E-state index contributed by atoms with van der Waals surface area (Å²) in [7, 11) is 0. The highest BCUT2D eigenvalue weighted by Crippen LogP contribution is 2.37. The highest BCUT2D eigenvalue weighted by atomic mass is 35.5. The van der Waals surface area contributed by atoms with Crippen LogP contribution in [0, 0.1) is 0 Å². The first-order valence-corrected chi connectivity index (χ1v) is 10.7. The average molecular weight is 545 g/mol. The number of rotatable bonds is 5. The van der Waals surface area contributed by atoms with E-state index in [9.17, 15) is 26.3 Å². The van der Waals surface area contributed by atoms with Gasteiger partial charge in [0, 0.05) is 11.1 Å². The lowest BCUT2D eigenvalue weighted by atomic mass is 10.1. The molecule has 0 amide bonds. The smallest absolute Gasteiger partial charge is 0.416 e. The van der Waals surface area contributed by atoms with Gasteiger partial charge in [-0.1, -0.05) is 23.2 Å². The van der Waals surface area contributed by atoms with Crippen molar-refractivity contribution in [2.24, 2.45) is 10.2 Å². The van der Waals surface area contributed by atoms with Gasteiger partial charge >= 0.3 is 12.4 Å². The van der Waals surface area contributed by atoms with Crippen LogP contribution in [0.25, 0.3) is 22.6 Å². The van der Waals surface area contributed by atoms with Gasteiger partial charge in [0.1, 0.15) is 23.0 Å². The van der Waals surface area contributed by atoms with E-state index >= 15 is 0 Å². The predicted molar refractivity (Wildman–Crippen MR) is 123 cm³/mol. The van der Waals surface area contributed by atoms with Gasteiger partial charge in [0.05, 0.1) is 33.6 Å². The number of hydrogen-bond acceptors (Lipinski definition) is 4. The molecule has 0 radical (unpaired) electrons. The second-order valence-electron chi connectivity index (χ2n) is 7.28. The van der Waals surface area contributed by atoms with Crippen molar-refractivity contribution < 1.29 is 35.2 Å². The van der Waals surface area contributed by atoms with E-state index in [1.807, 2.05) is 0 Å². The van der Waals surface area contributed by atoms with Crippen molar-refractivity contribution in [2.75, 3.05) is 0 Å². The lowest BCUT2D eigenvalue weighted by Gasteiger charge is -2.09. The van der Waals surface area contributed by atoms with Gasteiger partial charge in [-0.2, -0.15) is 36.5 Å². The van der Waals surface area contributed by atoms with Crippen LogP contribution in [0.5, 0.6) is 0 Å². The highest BCUT2D eigenvalue weighted by molar-refractivity contribution is 6.33. The van der Waals surface area contributed by atoms with E-state index in [2.05, 4.69) is 10.2 Å². The van der Waals surface area contributed by atoms with Crippen molar-refractivity contribution in [1.29, 1.82) is 0 Å². The average Bonchev–Trinajstić information content (AvgIpc) is 3.45. The molecule has 4 rings (SSSR count). The summed E-state index contributed by atoms with van der Waals surface area (Å²) in [5.74, 6) is 0.577. The molecule has 0 atom stereocenters. The van der Waals surface area contributed by atoms with Gasteiger partial charge in [0.15, 0.2) is 0 Å².